The van der Waals surface area contributed by atoms with E-state index in [0.29, 0.717) is 0 Å². The molecule has 3 nitrogen and oxygen atoms in total. The highest BCUT2D eigenvalue weighted by molar-refractivity contribution is 6.56. The van der Waals surface area contributed by atoms with Gasteiger partial charge in [-0.05, 0) is 12.1 Å². The molecular weight excluding hydrogens is 107 g/mol. The molecule has 0 bridgehead atoms. The Labute approximate surface area is 49.7 Å². The third-order valence-electron chi connectivity index (χ3n) is 0.798. The van der Waals surface area contributed by atoms with E-state index in [1.165, 1.54) is 12.3 Å². The molecule has 0 aliphatic heterocycles. The maximum atomic E-state index is 8.37. The van der Waals surface area contributed by atoms with Crippen molar-refractivity contribution in [1.29, 1.82) is 0 Å². The highest BCUT2D eigenvalue weighted by atomic mass is 16.4. The van der Waals surface area contributed by atoms with Gasteiger partial charge in [-0.3, -0.25) is 0 Å². The van der Waals surface area contributed by atoms with Gasteiger partial charge in [-0.25, -0.2) is 0 Å². The fourth-order valence-electron chi connectivity index (χ4n) is 0.438. The maximum Gasteiger partial charge on any atom is 0.526 e. The smallest absolute Gasteiger partial charge is 0.473 e. The van der Waals surface area contributed by atoms with Crippen LogP contribution in [0.3, 0.4) is 0 Å². The summed E-state index contributed by atoms with van der Waals surface area (Å²) in [6.45, 7) is 0. The lowest BCUT2D eigenvalue weighted by Gasteiger charge is -1.86. The molecule has 0 aliphatic rings. The minimum absolute atomic E-state index is 0. The summed E-state index contributed by atoms with van der Waals surface area (Å²) in [5, 5.41) is 16.7. The number of furan rings is 1. The van der Waals surface area contributed by atoms with E-state index in [1.54, 1.807) is 6.07 Å². The molecule has 8 heavy (non-hydrogen) atoms. The van der Waals surface area contributed by atoms with Crippen molar-refractivity contribution >= 4 is 12.8 Å². The topological polar surface area (TPSA) is 53.6 Å². The number of hydrogen-bond acceptors (Lipinski definition) is 3. The summed E-state index contributed by atoms with van der Waals surface area (Å²) in [6.07, 6.45) is 1.38. The van der Waals surface area contributed by atoms with Crippen LogP contribution in [0, 0.1) is 0 Å². The zero-order chi connectivity index (χ0) is 5.98. The lowest BCUT2D eigenvalue weighted by molar-refractivity contribution is 0.409. The third kappa shape index (κ3) is 0.909. The van der Waals surface area contributed by atoms with Gasteiger partial charge in [0.05, 0.1) is 6.26 Å². The Balaban J connectivity index is 0. The fourth-order valence-corrected chi connectivity index (χ4v) is 0.438. The van der Waals surface area contributed by atoms with Crippen molar-refractivity contribution in [1.82, 2.24) is 0 Å². The maximum absolute atomic E-state index is 8.37. The average molecular weight is 116 g/mol. The largest absolute Gasteiger partial charge is 0.526 e. The highest BCUT2D eigenvalue weighted by Gasteiger charge is 2.12. The summed E-state index contributed by atoms with van der Waals surface area (Å²) in [7, 11) is -1.48. The molecule has 1 heterocycles. The van der Waals surface area contributed by atoms with Gasteiger partial charge in [0.2, 0.25) is 0 Å². The van der Waals surface area contributed by atoms with Crippen molar-refractivity contribution in [3.63, 3.8) is 0 Å². The van der Waals surface area contributed by atoms with Crippen molar-refractivity contribution in [2.24, 2.45) is 0 Å². The minimum Gasteiger partial charge on any atom is -0.473 e. The van der Waals surface area contributed by atoms with Crippen molar-refractivity contribution in [2.45, 2.75) is 0 Å². The first-order valence-electron chi connectivity index (χ1n) is 2.20. The summed E-state index contributed by atoms with van der Waals surface area (Å²) in [5.41, 5.74) is 0.171. The van der Waals surface area contributed by atoms with E-state index in [9.17, 15) is 0 Å². The average Bonchev–Trinajstić information content (AvgIpc) is 2.12. The van der Waals surface area contributed by atoms with Gasteiger partial charge in [0.25, 0.3) is 0 Å². The summed E-state index contributed by atoms with van der Waals surface area (Å²) in [6, 6.07) is 3.08. The van der Waals surface area contributed by atoms with Crippen LogP contribution in [0.5, 0.6) is 0 Å². The molecule has 1 aromatic heterocycles. The number of hydrogen-bond donors (Lipinski definition) is 2. The Morgan fingerprint density at radius 1 is 1.62 bits per heavy atom. The molecule has 46 valence electrons. The first-order valence-corrected chi connectivity index (χ1v) is 2.20. The zero-order valence-corrected chi connectivity index (χ0v) is 4.11. The molecule has 1 rings (SSSR count). The fraction of sp³-hybridized carbons (Fsp3) is 0. The van der Waals surface area contributed by atoms with Crippen LogP contribution in [0.15, 0.2) is 22.8 Å². The van der Waals surface area contributed by atoms with Gasteiger partial charge in [0.1, 0.15) is 5.66 Å². The van der Waals surface area contributed by atoms with E-state index < -0.39 is 7.12 Å². The third-order valence-corrected chi connectivity index (χ3v) is 0.798. The van der Waals surface area contributed by atoms with Gasteiger partial charge >= 0.3 is 7.12 Å². The second-order valence-corrected chi connectivity index (χ2v) is 1.39. The molecule has 0 atom stereocenters. The van der Waals surface area contributed by atoms with Gasteiger partial charge in [-0.1, -0.05) is 0 Å². The predicted molar refractivity (Wildman–Crippen MR) is 32.8 cm³/mol. The van der Waals surface area contributed by atoms with Crippen LogP contribution in [-0.4, -0.2) is 17.2 Å². The Hall–Kier alpha value is -0.735. The summed E-state index contributed by atoms with van der Waals surface area (Å²) < 4.78 is 4.59. The van der Waals surface area contributed by atoms with Crippen molar-refractivity contribution in [2.75, 3.05) is 0 Å². The normalized spacial score (nSPS) is 9.25. The predicted octanol–water partition coefficient (Wildman–Crippen LogP) is -0.549. The second kappa shape index (κ2) is 2.02. The minimum atomic E-state index is -1.48. The highest BCUT2D eigenvalue weighted by Crippen LogP contribution is 1.82. The monoisotopic (exact) mass is 116 g/mol. The van der Waals surface area contributed by atoms with Crippen LogP contribution in [0.25, 0.3) is 0 Å². The van der Waals surface area contributed by atoms with E-state index in [1.807, 2.05) is 0 Å². The SMILES string of the molecule is OB(O)c1ccco1.[HH].[HH]. The Morgan fingerprint density at radius 2 is 2.38 bits per heavy atom. The van der Waals surface area contributed by atoms with Crippen LogP contribution < -0.4 is 5.66 Å². The van der Waals surface area contributed by atoms with Crippen LogP contribution in [0.2, 0.25) is 0 Å². The molecule has 1 aromatic rings. The molecule has 0 aliphatic carbocycles. The van der Waals surface area contributed by atoms with Gasteiger partial charge in [-0.2, -0.15) is 0 Å². The molecule has 0 amide bonds. The molecule has 4 heteroatoms. The van der Waals surface area contributed by atoms with E-state index >= 15 is 0 Å². The van der Waals surface area contributed by atoms with Crippen molar-refractivity contribution in [3.05, 3.63) is 18.4 Å². The van der Waals surface area contributed by atoms with E-state index in [0.717, 1.165) is 0 Å². The van der Waals surface area contributed by atoms with Crippen molar-refractivity contribution < 1.29 is 17.3 Å². The van der Waals surface area contributed by atoms with Gasteiger partial charge < -0.3 is 14.5 Å². The molecule has 0 radical (unpaired) electrons. The molecule has 0 saturated carbocycles. The van der Waals surface area contributed by atoms with E-state index in [4.69, 9.17) is 10.0 Å². The molecule has 0 spiro atoms. The van der Waals surface area contributed by atoms with Gasteiger partial charge in [-0.15, -0.1) is 0 Å². The first kappa shape index (κ1) is 5.40. The second-order valence-electron chi connectivity index (χ2n) is 1.39. The van der Waals surface area contributed by atoms with Crippen LogP contribution >= 0.6 is 0 Å². The number of rotatable bonds is 1. The quantitative estimate of drug-likeness (QED) is 0.484. The molecule has 0 fully saturated rings. The van der Waals surface area contributed by atoms with Crippen LogP contribution in [-0.2, 0) is 0 Å². The van der Waals surface area contributed by atoms with Crippen molar-refractivity contribution in [3.8, 4) is 0 Å². The Bertz CT molecular complexity index is 154. The Kier molecular flexibility index (Phi) is 1.37. The summed E-state index contributed by atoms with van der Waals surface area (Å²) in [4.78, 5) is 0. The molecule has 0 saturated heterocycles. The molecule has 0 unspecified atom stereocenters. The lowest BCUT2D eigenvalue weighted by Crippen LogP contribution is -2.27. The summed E-state index contributed by atoms with van der Waals surface area (Å²) in [5.74, 6) is 0. The molecule has 0 aromatic carbocycles. The van der Waals surface area contributed by atoms with E-state index in [-0.39, 0.29) is 8.51 Å². The molecule has 2 N–H and O–H groups in total. The van der Waals surface area contributed by atoms with Gasteiger partial charge in [0.15, 0.2) is 0 Å². The standard InChI is InChI=1S/C4H5BO3.2H2/c6-5(7)4-2-1-3-8-4;;/h1-3,6-7H;2*1H. The zero-order valence-electron chi connectivity index (χ0n) is 4.11. The van der Waals surface area contributed by atoms with E-state index in [2.05, 4.69) is 4.42 Å². The van der Waals surface area contributed by atoms with Gasteiger partial charge in [0, 0.05) is 2.85 Å². The summed E-state index contributed by atoms with van der Waals surface area (Å²) >= 11 is 0. The first-order chi connectivity index (χ1) is 3.80. The van der Waals surface area contributed by atoms with Crippen LogP contribution in [0.1, 0.15) is 2.85 Å². The lowest BCUT2D eigenvalue weighted by atomic mass is 9.88. The van der Waals surface area contributed by atoms with Crippen LogP contribution in [0.4, 0.5) is 0 Å². The Morgan fingerprint density at radius 3 is 2.62 bits per heavy atom. The molecular formula is C4H9BO3.